The van der Waals surface area contributed by atoms with Crippen LogP contribution in [0, 0.1) is 6.92 Å². The number of hydrogen-bond donors (Lipinski definition) is 2. The topological polar surface area (TPSA) is 124 Å². The van der Waals surface area contributed by atoms with Gasteiger partial charge in [0.15, 0.2) is 12.4 Å². The molecule has 0 saturated carbocycles. The number of carbonyl (C=O) groups is 4. The van der Waals surface area contributed by atoms with Crippen molar-refractivity contribution in [3.05, 3.63) is 70.5 Å². The molecule has 2 N–H and O–H groups in total. The highest BCUT2D eigenvalue weighted by Gasteiger charge is 2.19. The van der Waals surface area contributed by atoms with Crippen molar-refractivity contribution in [2.75, 3.05) is 11.9 Å². The molecule has 0 fully saturated rings. The maximum Gasteiger partial charge on any atom is 0.387 e. The van der Waals surface area contributed by atoms with E-state index in [-0.39, 0.29) is 22.0 Å². The van der Waals surface area contributed by atoms with Gasteiger partial charge in [0.05, 0.1) is 11.3 Å². The SMILES string of the molecule is Cc1cc(NC(=O)c2ccco2)sc1C(=O)OCC(=O)NC(=O)c1ccc(OC(F)F)cc1. The standard InChI is InChI=1S/C21H16F2N2O7S/c1-11-9-16(25-19(28)14-3-2-8-30-14)33-17(11)20(29)31-10-15(26)24-18(27)12-4-6-13(7-5-12)32-21(22)23/h2-9,21H,10H2,1H3,(H,25,28)(H,24,26,27). The summed E-state index contributed by atoms with van der Waals surface area (Å²) in [5.74, 6) is -3.05. The van der Waals surface area contributed by atoms with E-state index in [9.17, 15) is 28.0 Å². The Hall–Kier alpha value is -4.06. The van der Waals surface area contributed by atoms with Crippen LogP contribution in [0.1, 0.15) is 36.1 Å². The zero-order valence-corrected chi connectivity index (χ0v) is 17.7. The number of esters is 1. The van der Waals surface area contributed by atoms with E-state index in [1.807, 2.05) is 5.32 Å². The van der Waals surface area contributed by atoms with Crippen molar-refractivity contribution in [1.29, 1.82) is 0 Å². The summed E-state index contributed by atoms with van der Waals surface area (Å²) in [5, 5.41) is 4.98. The number of benzene rings is 1. The van der Waals surface area contributed by atoms with Crippen LogP contribution in [0.3, 0.4) is 0 Å². The Morgan fingerprint density at radius 1 is 1.09 bits per heavy atom. The molecular formula is C21H16F2N2O7S. The Morgan fingerprint density at radius 2 is 1.82 bits per heavy atom. The minimum atomic E-state index is -3.00. The van der Waals surface area contributed by atoms with Crippen molar-refractivity contribution in [2.24, 2.45) is 0 Å². The fourth-order valence-corrected chi connectivity index (χ4v) is 3.51. The summed E-state index contributed by atoms with van der Waals surface area (Å²) >= 11 is 0.949. The van der Waals surface area contributed by atoms with E-state index in [1.165, 1.54) is 24.5 Å². The monoisotopic (exact) mass is 478 g/mol. The number of halogens is 2. The first-order chi connectivity index (χ1) is 15.7. The summed E-state index contributed by atoms with van der Waals surface area (Å²) in [6.07, 6.45) is 1.35. The quantitative estimate of drug-likeness (QED) is 0.474. The van der Waals surface area contributed by atoms with Gasteiger partial charge in [0.25, 0.3) is 17.7 Å². The van der Waals surface area contributed by atoms with Crippen LogP contribution in [0.5, 0.6) is 5.75 Å². The van der Waals surface area contributed by atoms with Crippen LogP contribution < -0.4 is 15.4 Å². The molecule has 0 spiro atoms. The molecule has 0 aliphatic carbocycles. The van der Waals surface area contributed by atoms with Gasteiger partial charge in [-0.2, -0.15) is 8.78 Å². The molecule has 0 atom stereocenters. The zero-order valence-electron chi connectivity index (χ0n) is 16.9. The second-order valence-corrected chi connectivity index (χ2v) is 7.46. The summed E-state index contributed by atoms with van der Waals surface area (Å²) in [5.41, 5.74) is 0.532. The maximum atomic E-state index is 12.3. The second-order valence-electron chi connectivity index (χ2n) is 6.41. The Labute approximate surface area is 189 Å². The molecular weight excluding hydrogens is 462 g/mol. The van der Waals surface area contributed by atoms with Crippen LogP contribution in [0.25, 0.3) is 0 Å². The molecule has 0 aliphatic heterocycles. The molecule has 172 valence electrons. The Morgan fingerprint density at radius 3 is 2.45 bits per heavy atom. The summed E-state index contributed by atoms with van der Waals surface area (Å²) in [7, 11) is 0. The van der Waals surface area contributed by atoms with Gasteiger partial charge in [-0.25, -0.2) is 4.79 Å². The third-order valence-corrected chi connectivity index (χ3v) is 5.15. The molecule has 0 radical (unpaired) electrons. The number of furan rings is 1. The number of alkyl halides is 2. The maximum absolute atomic E-state index is 12.3. The largest absolute Gasteiger partial charge is 0.459 e. The fourth-order valence-electron chi connectivity index (χ4n) is 2.55. The van der Waals surface area contributed by atoms with E-state index in [0.29, 0.717) is 10.6 Å². The third-order valence-electron chi connectivity index (χ3n) is 4.01. The number of thiophene rings is 1. The summed E-state index contributed by atoms with van der Waals surface area (Å²) in [4.78, 5) is 48.5. The lowest BCUT2D eigenvalue weighted by Crippen LogP contribution is -2.34. The predicted octanol–water partition coefficient (Wildman–Crippen LogP) is 3.62. The number of carbonyl (C=O) groups excluding carboxylic acids is 4. The molecule has 2 heterocycles. The van der Waals surface area contributed by atoms with Crippen LogP contribution in [-0.4, -0.2) is 36.9 Å². The van der Waals surface area contributed by atoms with Gasteiger partial charge >= 0.3 is 12.6 Å². The van der Waals surface area contributed by atoms with Crippen LogP contribution in [0.2, 0.25) is 0 Å². The van der Waals surface area contributed by atoms with Crippen LogP contribution in [0.4, 0.5) is 13.8 Å². The van der Waals surface area contributed by atoms with Gasteiger partial charge in [0.2, 0.25) is 0 Å². The highest BCUT2D eigenvalue weighted by Crippen LogP contribution is 2.27. The lowest BCUT2D eigenvalue weighted by molar-refractivity contribution is -0.123. The number of anilines is 1. The van der Waals surface area contributed by atoms with Crippen molar-refractivity contribution >= 4 is 40.0 Å². The zero-order chi connectivity index (χ0) is 24.0. The third kappa shape index (κ3) is 6.46. The van der Waals surface area contributed by atoms with Gasteiger partial charge in [-0.15, -0.1) is 11.3 Å². The molecule has 1 aromatic carbocycles. The molecule has 3 amide bonds. The average molecular weight is 478 g/mol. The smallest absolute Gasteiger partial charge is 0.387 e. The number of nitrogens with one attached hydrogen (secondary N) is 2. The molecule has 3 aromatic rings. The number of ether oxygens (including phenoxy) is 2. The molecule has 0 unspecified atom stereocenters. The molecule has 12 heteroatoms. The lowest BCUT2D eigenvalue weighted by atomic mass is 10.2. The Bertz CT molecular complexity index is 1160. The van der Waals surface area contributed by atoms with Crippen LogP contribution in [0.15, 0.2) is 53.1 Å². The molecule has 3 rings (SSSR count). The summed E-state index contributed by atoms with van der Waals surface area (Å²) in [6, 6.07) is 9.29. The number of aryl methyl sites for hydroxylation is 1. The highest BCUT2D eigenvalue weighted by atomic mass is 32.1. The molecule has 0 aliphatic rings. The molecule has 33 heavy (non-hydrogen) atoms. The first kappa shape index (κ1) is 23.6. The summed E-state index contributed by atoms with van der Waals surface area (Å²) in [6.45, 7) is -2.11. The van der Waals surface area contributed by atoms with Crippen molar-refractivity contribution in [2.45, 2.75) is 13.5 Å². The van der Waals surface area contributed by atoms with Gasteiger partial charge in [-0.3, -0.25) is 19.7 Å². The Kier molecular flexibility index (Phi) is 7.51. The lowest BCUT2D eigenvalue weighted by Gasteiger charge is -2.07. The van der Waals surface area contributed by atoms with Crippen molar-refractivity contribution in [3.63, 3.8) is 0 Å². The number of hydrogen-bond acceptors (Lipinski definition) is 8. The van der Waals surface area contributed by atoms with E-state index in [0.717, 1.165) is 23.5 Å². The van der Waals surface area contributed by atoms with E-state index in [1.54, 1.807) is 19.1 Å². The molecule has 0 bridgehead atoms. The van der Waals surface area contributed by atoms with Crippen molar-refractivity contribution in [3.8, 4) is 5.75 Å². The van der Waals surface area contributed by atoms with Crippen LogP contribution >= 0.6 is 11.3 Å². The van der Waals surface area contributed by atoms with E-state index in [4.69, 9.17) is 9.15 Å². The van der Waals surface area contributed by atoms with E-state index >= 15 is 0 Å². The van der Waals surface area contributed by atoms with Gasteiger partial charge in [0, 0.05) is 5.56 Å². The number of imide groups is 1. The van der Waals surface area contributed by atoms with Crippen molar-refractivity contribution in [1.82, 2.24) is 5.32 Å². The van der Waals surface area contributed by atoms with Gasteiger partial charge < -0.3 is 19.2 Å². The molecule has 9 nitrogen and oxygen atoms in total. The number of rotatable bonds is 8. The summed E-state index contributed by atoms with van der Waals surface area (Å²) < 4.78 is 38.4. The van der Waals surface area contributed by atoms with Gasteiger partial charge in [-0.05, 0) is 55.0 Å². The van der Waals surface area contributed by atoms with Gasteiger partial charge in [-0.1, -0.05) is 0 Å². The first-order valence-electron chi connectivity index (χ1n) is 9.24. The van der Waals surface area contributed by atoms with E-state index in [2.05, 4.69) is 10.1 Å². The minimum Gasteiger partial charge on any atom is -0.459 e. The first-order valence-corrected chi connectivity index (χ1v) is 10.1. The van der Waals surface area contributed by atoms with Gasteiger partial charge in [0.1, 0.15) is 10.6 Å². The fraction of sp³-hybridized carbons (Fsp3) is 0.143. The number of amides is 3. The highest BCUT2D eigenvalue weighted by molar-refractivity contribution is 7.18. The molecule has 0 saturated heterocycles. The predicted molar refractivity (Wildman–Crippen MR) is 112 cm³/mol. The Balaban J connectivity index is 1.51. The second kappa shape index (κ2) is 10.5. The van der Waals surface area contributed by atoms with Crippen LogP contribution in [-0.2, 0) is 9.53 Å². The van der Waals surface area contributed by atoms with Crippen molar-refractivity contribution < 1.29 is 41.8 Å². The van der Waals surface area contributed by atoms with E-state index < -0.39 is 36.9 Å². The normalized spacial score (nSPS) is 10.5. The average Bonchev–Trinajstić information content (AvgIpc) is 3.42. The molecule has 2 aromatic heterocycles. The minimum absolute atomic E-state index is 0.0161.